The van der Waals surface area contributed by atoms with E-state index in [1.165, 1.54) is 0 Å². The van der Waals surface area contributed by atoms with E-state index in [9.17, 15) is 0 Å². The molecule has 0 bridgehead atoms. The molecule has 0 spiro atoms. The number of anilines is 2. The van der Waals surface area contributed by atoms with Gasteiger partial charge in [0.15, 0.2) is 0 Å². The molecule has 0 saturated heterocycles. The standard InChI is InChI=1S/C13H9Cl2NOS/c1-17-7-2-5-10-11(6-7)18-13-9(15)4-3-8(14)12(13)16-10/h2-6,16H,1H3. The van der Waals surface area contributed by atoms with Gasteiger partial charge < -0.3 is 10.1 Å². The predicted octanol–water partition coefficient (Wildman–Crippen LogP) is 5.21. The number of hydrogen-bond donors (Lipinski definition) is 1. The molecule has 3 rings (SSSR count). The summed E-state index contributed by atoms with van der Waals surface area (Å²) in [6, 6.07) is 9.47. The molecular weight excluding hydrogens is 289 g/mol. The van der Waals surface area contributed by atoms with Crippen LogP contribution in [-0.2, 0) is 0 Å². The molecule has 18 heavy (non-hydrogen) atoms. The van der Waals surface area contributed by atoms with Gasteiger partial charge in [0.05, 0.1) is 33.4 Å². The van der Waals surface area contributed by atoms with Gasteiger partial charge in [-0.2, -0.15) is 0 Å². The van der Waals surface area contributed by atoms with E-state index >= 15 is 0 Å². The lowest BCUT2D eigenvalue weighted by Crippen LogP contribution is -2.01. The van der Waals surface area contributed by atoms with E-state index < -0.39 is 0 Å². The molecule has 0 atom stereocenters. The predicted molar refractivity (Wildman–Crippen MR) is 76.9 cm³/mol. The van der Waals surface area contributed by atoms with Crippen LogP contribution in [0.25, 0.3) is 0 Å². The van der Waals surface area contributed by atoms with Crippen molar-refractivity contribution in [1.29, 1.82) is 0 Å². The first kappa shape index (κ1) is 12.0. The van der Waals surface area contributed by atoms with Crippen LogP contribution in [0, 0.1) is 0 Å². The van der Waals surface area contributed by atoms with Gasteiger partial charge in [-0.25, -0.2) is 0 Å². The number of fused-ring (bicyclic) bond motifs is 2. The Morgan fingerprint density at radius 3 is 2.67 bits per heavy atom. The maximum Gasteiger partial charge on any atom is 0.120 e. The average Bonchev–Trinajstić information content (AvgIpc) is 2.41. The first-order chi connectivity index (χ1) is 8.69. The fraction of sp³-hybridized carbons (Fsp3) is 0.0769. The highest BCUT2D eigenvalue weighted by Gasteiger charge is 2.20. The van der Waals surface area contributed by atoms with E-state index in [0.717, 1.165) is 26.9 Å². The van der Waals surface area contributed by atoms with Gasteiger partial charge in [0.1, 0.15) is 5.75 Å². The van der Waals surface area contributed by atoms with Crippen LogP contribution >= 0.6 is 35.0 Å². The third-order valence-electron chi connectivity index (χ3n) is 2.72. The topological polar surface area (TPSA) is 21.3 Å². The van der Waals surface area contributed by atoms with Gasteiger partial charge in [0, 0.05) is 4.90 Å². The van der Waals surface area contributed by atoms with Crippen LogP contribution in [0.1, 0.15) is 0 Å². The quantitative estimate of drug-likeness (QED) is 0.666. The van der Waals surface area contributed by atoms with Crippen molar-refractivity contribution in [2.24, 2.45) is 0 Å². The van der Waals surface area contributed by atoms with Crippen molar-refractivity contribution in [1.82, 2.24) is 0 Å². The van der Waals surface area contributed by atoms with Crippen molar-refractivity contribution in [2.75, 3.05) is 12.4 Å². The van der Waals surface area contributed by atoms with Gasteiger partial charge in [-0.05, 0) is 30.3 Å². The first-order valence-electron chi connectivity index (χ1n) is 5.30. The zero-order valence-electron chi connectivity index (χ0n) is 9.46. The Bertz CT molecular complexity index is 631. The summed E-state index contributed by atoms with van der Waals surface area (Å²) >= 11 is 14.0. The van der Waals surface area contributed by atoms with Gasteiger partial charge >= 0.3 is 0 Å². The minimum absolute atomic E-state index is 0.670. The Kier molecular flexibility index (Phi) is 3.06. The molecule has 0 aromatic heterocycles. The summed E-state index contributed by atoms with van der Waals surface area (Å²) in [7, 11) is 1.65. The average molecular weight is 298 g/mol. The van der Waals surface area contributed by atoms with Crippen molar-refractivity contribution in [3.63, 3.8) is 0 Å². The van der Waals surface area contributed by atoms with E-state index in [1.54, 1.807) is 24.9 Å². The van der Waals surface area contributed by atoms with Crippen LogP contribution in [-0.4, -0.2) is 7.11 Å². The molecule has 2 nitrogen and oxygen atoms in total. The zero-order chi connectivity index (χ0) is 12.7. The van der Waals surface area contributed by atoms with E-state index in [4.69, 9.17) is 27.9 Å². The lowest BCUT2D eigenvalue weighted by atomic mass is 10.2. The monoisotopic (exact) mass is 297 g/mol. The van der Waals surface area contributed by atoms with Crippen molar-refractivity contribution < 1.29 is 4.74 Å². The van der Waals surface area contributed by atoms with Crippen LogP contribution in [0.5, 0.6) is 5.75 Å². The summed E-state index contributed by atoms with van der Waals surface area (Å²) in [6.07, 6.45) is 0. The molecule has 5 heteroatoms. The van der Waals surface area contributed by atoms with E-state index in [1.807, 2.05) is 24.3 Å². The minimum atomic E-state index is 0.670. The lowest BCUT2D eigenvalue weighted by Gasteiger charge is -2.23. The fourth-order valence-electron chi connectivity index (χ4n) is 1.81. The van der Waals surface area contributed by atoms with E-state index in [-0.39, 0.29) is 0 Å². The summed E-state index contributed by atoms with van der Waals surface area (Å²) in [5, 5.41) is 4.67. The molecule has 0 radical (unpaired) electrons. The molecule has 1 heterocycles. The third kappa shape index (κ3) is 1.92. The summed E-state index contributed by atoms with van der Waals surface area (Å²) in [6.45, 7) is 0. The third-order valence-corrected chi connectivity index (χ3v) is 4.65. The molecule has 1 aliphatic rings. The lowest BCUT2D eigenvalue weighted by molar-refractivity contribution is 0.414. The Balaban J connectivity index is 2.11. The highest BCUT2D eigenvalue weighted by atomic mass is 35.5. The fourth-order valence-corrected chi connectivity index (χ4v) is 3.40. The molecule has 0 fully saturated rings. The number of ether oxygens (including phenoxy) is 1. The van der Waals surface area contributed by atoms with Gasteiger partial charge in [0.25, 0.3) is 0 Å². The molecule has 1 N–H and O–H groups in total. The largest absolute Gasteiger partial charge is 0.497 e. The Morgan fingerprint density at radius 1 is 1.11 bits per heavy atom. The minimum Gasteiger partial charge on any atom is -0.497 e. The molecule has 0 amide bonds. The first-order valence-corrected chi connectivity index (χ1v) is 6.87. The molecular formula is C13H9Cl2NOS. The number of halogens is 2. The van der Waals surface area contributed by atoms with Crippen LogP contribution in [0.4, 0.5) is 11.4 Å². The maximum atomic E-state index is 6.20. The maximum absolute atomic E-state index is 6.20. The Hall–Kier alpha value is -1.03. The van der Waals surface area contributed by atoms with Crippen molar-refractivity contribution in [3.05, 3.63) is 40.4 Å². The Morgan fingerprint density at radius 2 is 1.89 bits per heavy atom. The molecule has 0 unspecified atom stereocenters. The van der Waals surface area contributed by atoms with Crippen molar-refractivity contribution in [2.45, 2.75) is 9.79 Å². The summed E-state index contributed by atoms with van der Waals surface area (Å²) in [5.41, 5.74) is 1.88. The van der Waals surface area contributed by atoms with Gasteiger partial charge in [-0.15, -0.1) is 0 Å². The van der Waals surface area contributed by atoms with Gasteiger partial charge in [-0.1, -0.05) is 35.0 Å². The second-order valence-corrected chi connectivity index (χ2v) is 5.69. The van der Waals surface area contributed by atoms with Crippen molar-refractivity contribution >= 4 is 46.3 Å². The van der Waals surface area contributed by atoms with Crippen molar-refractivity contribution in [3.8, 4) is 5.75 Å². The summed E-state index contributed by atoms with van der Waals surface area (Å²) in [4.78, 5) is 2.02. The molecule has 1 aliphatic heterocycles. The highest BCUT2D eigenvalue weighted by molar-refractivity contribution is 7.99. The normalized spacial score (nSPS) is 12.4. The van der Waals surface area contributed by atoms with Crippen LogP contribution in [0.2, 0.25) is 10.0 Å². The number of methoxy groups -OCH3 is 1. The van der Waals surface area contributed by atoms with E-state index in [2.05, 4.69) is 5.32 Å². The summed E-state index contributed by atoms with van der Waals surface area (Å²) < 4.78 is 5.22. The molecule has 2 aromatic carbocycles. The van der Waals surface area contributed by atoms with Gasteiger partial charge in [-0.3, -0.25) is 0 Å². The summed E-state index contributed by atoms with van der Waals surface area (Å²) in [5.74, 6) is 0.824. The molecule has 2 aromatic rings. The number of nitrogens with one attached hydrogen (secondary N) is 1. The molecule has 0 aliphatic carbocycles. The molecule has 0 saturated carbocycles. The zero-order valence-corrected chi connectivity index (χ0v) is 11.8. The van der Waals surface area contributed by atoms with Crippen LogP contribution in [0.3, 0.4) is 0 Å². The Labute approximate surface area is 119 Å². The van der Waals surface area contributed by atoms with Crippen LogP contribution in [0.15, 0.2) is 40.1 Å². The number of rotatable bonds is 1. The van der Waals surface area contributed by atoms with Gasteiger partial charge in [0.2, 0.25) is 0 Å². The van der Waals surface area contributed by atoms with Crippen LogP contribution < -0.4 is 10.1 Å². The SMILES string of the molecule is COc1ccc2c(c1)Sc1c(Cl)ccc(Cl)c1N2. The van der Waals surface area contributed by atoms with E-state index in [0.29, 0.717) is 10.0 Å². The number of hydrogen-bond acceptors (Lipinski definition) is 3. The number of benzene rings is 2. The molecule has 92 valence electrons. The second kappa shape index (κ2) is 4.57. The smallest absolute Gasteiger partial charge is 0.120 e. The highest BCUT2D eigenvalue weighted by Crippen LogP contribution is 2.50. The second-order valence-electron chi connectivity index (χ2n) is 3.82.